The summed E-state index contributed by atoms with van der Waals surface area (Å²) in [6.07, 6.45) is 1.74. The fourth-order valence-corrected chi connectivity index (χ4v) is 3.30. The van der Waals surface area contributed by atoms with Gasteiger partial charge in [-0.1, -0.05) is 0 Å². The van der Waals surface area contributed by atoms with Gasteiger partial charge in [-0.3, -0.25) is 4.79 Å². The fourth-order valence-electron chi connectivity index (χ4n) is 3.30. The minimum absolute atomic E-state index is 0. The molecule has 2 aliphatic rings. The highest BCUT2D eigenvalue weighted by atomic mass is 35.5. The average molecular weight is 384 g/mol. The Kier molecular flexibility index (Phi) is 5.06. The Morgan fingerprint density at radius 2 is 1.96 bits per heavy atom. The first-order valence-electron chi connectivity index (χ1n) is 8.29. The van der Waals surface area contributed by atoms with E-state index in [0.29, 0.717) is 24.3 Å². The van der Waals surface area contributed by atoms with Crippen LogP contribution in [0.5, 0.6) is 5.75 Å². The molecule has 140 valence electrons. The second-order valence-electron chi connectivity index (χ2n) is 6.39. The molecule has 7 nitrogen and oxygen atoms in total. The molecule has 2 heterocycles. The van der Waals surface area contributed by atoms with E-state index in [0.717, 1.165) is 25.9 Å². The van der Waals surface area contributed by atoms with Crippen molar-refractivity contribution in [3.05, 3.63) is 34.4 Å². The van der Waals surface area contributed by atoms with Gasteiger partial charge in [-0.25, -0.2) is 9.18 Å². The van der Waals surface area contributed by atoms with Crippen LogP contribution in [-0.4, -0.2) is 42.0 Å². The second-order valence-corrected chi connectivity index (χ2v) is 6.39. The summed E-state index contributed by atoms with van der Waals surface area (Å²) in [6, 6.07) is 3.07. The Balaban J connectivity index is 0.00000196. The smallest absolute Gasteiger partial charge is 0.449 e. The molecule has 1 aliphatic heterocycles. The highest BCUT2D eigenvalue weighted by Gasteiger charge is 2.27. The topological polar surface area (TPSA) is 83.8 Å². The molecule has 0 radical (unpaired) electrons. The normalized spacial score (nSPS) is 17.0. The SMILES string of the molecule is Cl.O=C(O)Oc1cn(C2CC2)c2cc(N3CCNCC3)c(F)cc2c1=O. The van der Waals surface area contributed by atoms with Gasteiger partial charge in [-0.15, -0.1) is 12.4 Å². The molecule has 1 saturated carbocycles. The Bertz CT molecular complexity index is 907. The molecular formula is C17H19ClFN3O4. The van der Waals surface area contributed by atoms with E-state index in [4.69, 9.17) is 5.11 Å². The third-order valence-electron chi connectivity index (χ3n) is 4.66. The molecule has 1 saturated heterocycles. The van der Waals surface area contributed by atoms with Crippen molar-refractivity contribution in [2.45, 2.75) is 18.9 Å². The number of piperazine rings is 1. The summed E-state index contributed by atoms with van der Waals surface area (Å²) in [6.45, 7) is 2.93. The number of benzene rings is 1. The number of carbonyl (C=O) groups is 1. The second kappa shape index (κ2) is 7.13. The summed E-state index contributed by atoms with van der Waals surface area (Å²) >= 11 is 0. The summed E-state index contributed by atoms with van der Waals surface area (Å²) in [5.41, 5.74) is 0.468. The van der Waals surface area contributed by atoms with Gasteiger partial charge in [0.25, 0.3) is 0 Å². The first-order chi connectivity index (χ1) is 12.0. The number of pyridine rings is 1. The lowest BCUT2D eigenvalue weighted by Crippen LogP contribution is -2.43. The molecular weight excluding hydrogens is 365 g/mol. The maximum atomic E-state index is 14.7. The number of ether oxygens (including phenoxy) is 1. The first kappa shape index (κ1) is 18.5. The molecule has 0 amide bonds. The number of nitrogens with zero attached hydrogens (tertiary/aromatic N) is 2. The van der Waals surface area contributed by atoms with Crippen molar-refractivity contribution in [1.82, 2.24) is 9.88 Å². The van der Waals surface area contributed by atoms with E-state index in [1.807, 2.05) is 9.47 Å². The molecule has 2 fully saturated rings. The standard InChI is InChI=1S/C17H18FN3O4.ClH/c18-12-7-11-13(8-14(12)20-5-3-19-4-6-20)21(10-1-2-10)9-15(16(11)22)25-17(23)24;/h7-10,19H,1-6H2,(H,23,24);1H. The van der Waals surface area contributed by atoms with Crippen LogP contribution in [0.25, 0.3) is 10.9 Å². The van der Waals surface area contributed by atoms with Crippen molar-refractivity contribution in [3.8, 4) is 5.75 Å². The molecule has 9 heteroatoms. The number of anilines is 1. The molecule has 0 spiro atoms. The van der Waals surface area contributed by atoms with Crippen LogP contribution in [-0.2, 0) is 0 Å². The predicted molar refractivity (Wildman–Crippen MR) is 97.4 cm³/mol. The van der Waals surface area contributed by atoms with Crippen molar-refractivity contribution in [3.63, 3.8) is 0 Å². The number of nitrogens with one attached hydrogen (secondary N) is 1. The third-order valence-corrected chi connectivity index (χ3v) is 4.66. The first-order valence-corrected chi connectivity index (χ1v) is 8.29. The van der Waals surface area contributed by atoms with Crippen LogP contribution in [0.4, 0.5) is 14.9 Å². The Morgan fingerprint density at radius 1 is 1.27 bits per heavy atom. The minimum atomic E-state index is -1.56. The zero-order valence-electron chi connectivity index (χ0n) is 13.9. The summed E-state index contributed by atoms with van der Waals surface area (Å²) in [5, 5.41) is 12.2. The summed E-state index contributed by atoms with van der Waals surface area (Å²) in [4.78, 5) is 25.3. The highest BCUT2D eigenvalue weighted by Crippen LogP contribution is 2.38. The molecule has 1 aliphatic carbocycles. The summed E-state index contributed by atoms with van der Waals surface area (Å²) < 4.78 is 21.1. The largest absolute Gasteiger partial charge is 0.511 e. The fraction of sp³-hybridized carbons (Fsp3) is 0.412. The van der Waals surface area contributed by atoms with Gasteiger partial charge < -0.3 is 24.6 Å². The van der Waals surface area contributed by atoms with Crippen molar-refractivity contribution in [2.24, 2.45) is 0 Å². The number of aromatic nitrogens is 1. The van der Waals surface area contributed by atoms with Crippen LogP contribution in [0.3, 0.4) is 0 Å². The highest BCUT2D eigenvalue weighted by molar-refractivity contribution is 5.85. The van der Waals surface area contributed by atoms with Crippen molar-refractivity contribution >= 4 is 35.2 Å². The van der Waals surface area contributed by atoms with E-state index < -0.39 is 17.4 Å². The maximum Gasteiger partial charge on any atom is 0.511 e. The number of halogens is 2. The third kappa shape index (κ3) is 3.34. The molecule has 1 aromatic heterocycles. The Hall–Kier alpha value is -2.32. The van der Waals surface area contributed by atoms with E-state index in [2.05, 4.69) is 10.1 Å². The lowest BCUT2D eigenvalue weighted by molar-refractivity contribution is 0.143. The van der Waals surface area contributed by atoms with Crippen LogP contribution >= 0.6 is 12.4 Å². The number of rotatable bonds is 3. The maximum absolute atomic E-state index is 14.7. The van der Waals surface area contributed by atoms with Crippen molar-refractivity contribution < 1.29 is 19.0 Å². The lowest BCUT2D eigenvalue weighted by atomic mass is 10.1. The van der Waals surface area contributed by atoms with Crippen LogP contribution in [0, 0.1) is 5.82 Å². The molecule has 2 aromatic rings. The molecule has 2 N–H and O–H groups in total. The minimum Gasteiger partial charge on any atom is -0.449 e. The summed E-state index contributed by atoms with van der Waals surface area (Å²) in [7, 11) is 0. The number of fused-ring (bicyclic) bond motifs is 1. The number of hydrogen-bond acceptors (Lipinski definition) is 5. The molecule has 0 atom stereocenters. The van der Waals surface area contributed by atoms with E-state index in [-0.39, 0.29) is 29.6 Å². The van der Waals surface area contributed by atoms with E-state index in [1.165, 1.54) is 12.3 Å². The molecule has 4 rings (SSSR count). The lowest BCUT2D eigenvalue weighted by Gasteiger charge is -2.30. The van der Waals surface area contributed by atoms with E-state index in [9.17, 15) is 14.0 Å². The predicted octanol–water partition coefficient (Wildman–Crippen LogP) is 2.36. The van der Waals surface area contributed by atoms with Gasteiger partial charge in [-0.2, -0.15) is 0 Å². The van der Waals surface area contributed by atoms with Gasteiger partial charge >= 0.3 is 6.16 Å². The van der Waals surface area contributed by atoms with E-state index in [1.54, 1.807) is 6.07 Å². The summed E-state index contributed by atoms with van der Waals surface area (Å²) in [5.74, 6) is -0.775. The Morgan fingerprint density at radius 3 is 2.58 bits per heavy atom. The van der Waals surface area contributed by atoms with Crippen LogP contribution < -0.4 is 20.4 Å². The monoisotopic (exact) mass is 383 g/mol. The van der Waals surface area contributed by atoms with Crippen LogP contribution in [0.1, 0.15) is 18.9 Å². The van der Waals surface area contributed by atoms with E-state index >= 15 is 0 Å². The van der Waals surface area contributed by atoms with Gasteiger partial charge in [0, 0.05) is 32.2 Å². The quantitative estimate of drug-likeness (QED) is 0.792. The van der Waals surface area contributed by atoms with Crippen molar-refractivity contribution in [1.29, 1.82) is 0 Å². The van der Waals surface area contributed by atoms with Crippen molar-refractivity contribution in [2.75, 3.05) is 31.1 Å². The van der Waals surface area contributed by atoms with Gasteiger partial charge in [0.05, 0.1) is 22.8 Å². The molecule has 0 unspecified atom stereocenters. The van der Waals surface area contributed by atoms with Crippen LogP contribution in [0.2, 0.25) is 0 Å². The molecule has 26 heavy (non-hydrogen) atoms. The number of hydrogen-bond donors (Lipinski definition) is 2. The van der Waals surface area contributed by atoms with Gasteiger partial charge in [0.15, 0.2) is 5.75 Å². The zero-order chi connectivity index (χ0) is 17.6. The van der Waals surface area contributed by atoms with Gasteiger partial charge in [0.2, 0.25) is 5.43 Å². The number of carboxylic acid groups (broad SMARTS) is 1. The average Bonchev–Trinajstić information content (AvgIpc) is 3.42. The molecule has 0 bridgehead atoms. The molecule has 1 aromatic carbocycles. The van der Waals surface area contributed by atoms with Crippen LogP contribution in [0.15, 0.2) is 23.1 Å². The Labute approximate surface area is 154 Å². The zero-order valence-corrected chi connectivity index (χ0v) is 14.7. The van der Waals surface area contributed by atoms with Gasteiger partial charge in [0.1, 0.15) is 5.82 Å². The van der Waals surface area contributed by atoms with Gasteiger partial charge in [-0.05, 0) is 25.0 Å².